The van der Waals surface area contributed by atoms with Crippen LogP contribution in [-0.2, 0) is 11.2 Å². The van der Waals surface area contributed by atoms with Gasteiger partial charge in [0.1, 0.15) is 0 Å². The van der Waals surface area contributed by atoms with Crippen molar-refractivity contribution in [2.24, 2.45) is 5.92 Å². The first-order valence-electron chi connectivity index (χ1n) is 9.81. The number of likely N-dealkylation sites (tertiary alicyclic amines) is 1. The van der Waals surface area contributed by atoms with Gasteiger partial charge in [-0.1, -0.05) is 67.6 Å². The van der Waals surface area contributed by atoms with E-state index in [1.165, 1.54) is 11.1 Å². The maximum atomic E-state index is 12.4. The van der Waals surface area contributed by atoms with E-state index in [4.69, 9.17) is 0 Å². The highest BCUT2D eigenvalue weighted by atomic mass is 16.1. The lowest BCUT2D eigenvalue weighted by atomic mass is 9.94. The van der Waals surface area contributed by atoms with Gasteiger partial charge >= 0.3 is 0 Å². The molecule has 3 heteroatoms. The van der Waals surface area contributed by atoms with E-state index in [2.05, 4.69) is 59.6 Å². The van der Waals surface area contributed by atoms with Gasteiger partial charge in [-0.05, 0) is 49.4 Å². The molecule has 26 heavy (non-hydrogen) atoms. The van der Waals surface area contributed by atoms with Crippen LogP contribution in [0.25, 0.3) is 0 Å². The van der Waals surface area contributed by atoms with Crippen molar-refractivity contribution < 1.29 is 4.79 Å². The number of benzene rings is 2. The molecule has 0 saturated carbocycles. The van der Waals surface area contributed by atoms with Gasteiger partial charge in [-0.25, -0.2) is 0 Å². The molecule has 0 radical (unpaired) electrons. The molecule has 0 aromatic heterocycles. The van der Waals surface area contributed by atoms with Crippen LogP contribution in [0.4, 0.5) is 0 Å². The number of piperidine rings is 1. The van der Waals surface area contributed by atoms with Gasteiger partial charge in [0.05, 0.1) is 0 Å². The molecule has 3 nitrogen and oxygen atoms in total. The van der Waals surface area contributed by atoms with Gasteiger partial charge in [0.25, 0.3) is 0 Å². The summed E-state index contributed by atoms with van der Waals surface area (Å²) in [5.74, 6) is 0.943. The minimum Gasteiger partial charge on any atom is -0.356 e. The number of carbonyl (C=O) groups excluding carboxylic acids is 1. The smallest absolute Gasteiger partial charge is 0.223 e. The minimum absolute atomic E-state index is 0.175. The van der Waals surface area contributed by atoms with E-state index in [1.54, 1.807) is 0 Å². The number of rotatable bonds is 7. The summed E-state index contributed by atoms with van der Waals surface area (Å²) >= 11 is 0. The van der Waals surface area contributed by atoms with Crippen LogP contribution in [0.5, 0.6) is 0 Å². The fourth-order valence-corrected chi connectivity index (χ4v) is 3.77. The van der Waals surface area contributed by atoms with E-state index in [-0.39, 0.29) is 11.8 Å². The molecule has 1 heterocycles. The Balaban J connectivity index is 1.37. The Morgan fingerprint density at radius 3 is 2.31 bits per heavy atom. The SMILES string of the molecule is C[C@@H](CN1CCC(C(=O)NCCc2ccccc2)CC1)c1ccccc1. The highest BCUT2D eigenvalue weighted by molar-refractivity contribution is 5.78. The van der Waals surface area contributed by atoms with Gasteiger partial charge in [0.15, 0.2) is 0 Å². The molecule has 0 unspecified atom stereocenters. The van der Waals surface area contributed by atoms with Gasteiger partial charge in [0, 0.05) is 19.0 Å². The first-order chi connectivity index (χ1) is 12.7. The zero-order valence-electron chi connectivity index (χ0n) is 15.7. The van der Waals surface area contributed by atoms with Crippen LogP contribution < -0.4 is 5.32 Å². The topological polar surface area (TPSA) is 32.3 Å². The molecule has 1 fully saturated rings. The van der Waals surface area contributed by atoms with E-state index >= 15 is 0 Å². The second kappa shape index (κ2) is 9.54. The molecular weight excluding hydrogens is 320 g/mol. The average Bonchev–Trinajstić information content (AvgIpc) is 2.70. The number of hydrogen-bond acceptors (Lipinski definition) is 2. The van der Waals surface area contributed by atoms with Crippen LogP contribution >= 0.6 is 0 Å². The summed E-state index contributed by atoms with van der Waals surface area (Å²) < 4.78 is 0. The molecule has 1 aliphatic heterocycles. The monoisotopic (exact) mass is 350 g/mol. The highest BCUT2D eigenvalue weighted by Crippen LogP contribution is 2.22. The van der Waals surface area contributed by atoms with Crippen molar-refractivity contribution in [3.05, 3.63) is 71.8 Å². The molecule has 1 N–H and O–H groups in total. The summed E-state index contributed by atoms with van der Waals surface area (Å²) in [6, 6.07) is 21.0. The lowest BCUT2D eigenvalue weighted by Gasteiger charge is -2.33. The molecule has 0 aliphatic carbocycles. The molecule has 1 atom stereocenters. The van der Waals surface area contributed by atoms with Crippen molar-refractivity contribution in [2.45, 2.75) is 32.1 Å². The largest absolute Gasteiger partial charge is 0.356 e. The van der Waals surface area contributed by atoms with Gasteiger partial charge in [-0.2, -0.15) is 0 Å². The maximum Gasteiger partial charge on any atom is 0.223 e. The Bertz CT molecular complexity index is 663. The third kappa shape index (κ3) is 5.43. The van der Waals surface area contributed by atoms with E-state index in [1.807, 2.05) is 18.2 Å². The Morgan fingerprint density at radius 2 is 1.65 bits per heavy atom. The molecule has 1 aliphatic rings. The Labute approximate surface area is 157 Å². The molecule has 1 amide bonds. The third-order valence-electron chi connectivity index (χ3n) is 5.41. The lowest BCUT2D eigenvalue weighted by Crippen LogP contribution is -2.42. The zero-order valence-corrected chi connectivity index (χ0v) is 15.7. The molecule has 0 spiro atoms. The van der Waals surface area contributed by atoms with Crippen molar-refractivity contribution in [3.63, 3.8) is 0 Å². The summed E-state index contributed by atoms with van der Waals surface area (Å²) in [5.41, 5.74) is 2.67. The van der Waals surface area contributed by atoms with Crippen molar-refractivity contribution in [1.29, 1.82) is 0 Å². The van der Waals surface area contributed by atoms with Crippen LogP contribution in [-0.4, -0.2) is 37.0 Å². The van der Waals surface area contributed by atoms with E-state index in [9.17, 15) is 4.79 Å². The number of amides is 1. The van der Waals surface area contributed by atoms with Gasteiger partial charge in [0.2, 0.25) is 5.91 Å². The summed E-state index contributed by atoms with van der Waals surface area (Å²) in [4.78, 5) is 14.9. The van der Waals surface area contributed by atoms with Crippen LogP contribution in [0, 0.1) is 5.92 Å². The van der Waals surface area contributed by atoms with Crippen LogP contribution in [0.3, 0.4) is 0 Å². The first-order valence-corrected chi connectivity index (χ1v) is 9.81. The average molecular weight is 351 g/mol. The quantitative estimate of drug-likeness (QED) is 0.822. The predicted octanol–water partition coefficient (Wildman–Crippen LogP) is 3.86. The normalized spacial score (nSPS) is 17.0. The van der Waals surface area contributed by atoms with Crippen molar-refractivity contribution in [2.75, 3.05) is 26.2 Å². The summed E-state index contributed by atoms with van der Waals surface area (Å²) in [6.07, 6.45) is 2.84. The summed E-state index contributed by atoms with van der Waals surface area (Å²) in [5, 5.41) is 3.12. The van der Waals surface area contributed by atoms with E-state index in [0.717, 1.165) is 45.4 Å². The Hall–Kier alpha value is -2.13. The number of nitrogens with one attached hydrogen (secondary N) is 1. The standard InChI is InChI=1S/C23H30N2O/c1-19(21-10-6-3-7-11-21)18-25-16-13-22(14-17-25)23(26)24-15-12-20-8-4-2-5-9-20/h2-11,19,22H,12-18H2,1H3,(H,24,26)/t19-/m0/s1. The molecule has 138 valence electrons. The van der Waals surface area contributed by atoms with Gasteiger partial charge in [-0.3, -0.25) is 4.79 Å². The van der Waals surface area contributed by atoms with Gasteiger partial charge in [-0.15, -0.1) is 0 Å². The van der Waals surface area contributed by atoms with E-state index < -0.39 is 0 Å². The van der Waals surface area contributed by atoms with Crippen LogP contribution in [0.15, 0.2) is 60.7 Å². The summed E-state index contributed by atoms with van der Waals surface area (Å²) in [7, 11) is 0. The maximum absolute atomic E-state index is 12.4. The Morgan fingerprint density at radius 1 is 1.04 bits per heavy atom. The van der Waals surface area contributed by atoms with E-state index in [0.29, 0.717) is 5.92 Å². The van der Waals surface area contributed by atoms with Crippen LogP contribution in [0.2, 0.25) is 0 Å². The molecule has 1 saturated heterocycles. The third-order valence-corrected chi connectivity index (χ3v) is 5.41. The molecule has 3 rings (SSSR count). The van der Waals surface area contributed by atoms with Gasteiger partial charge < -0.3 is 10.2 Å². The number of nitrogens with zero attached hydrogens (tertiary/aromatic N) is 1. The zero-order chi connectivity index (χ0) is 18.2. The second-order valence-corrected chi connectivity index (χ2v) is 7.41. The highest BCUT2D eigenvalue weighted by Gasteiger charge is 2.25. The second-order valence-electron chi connectivity index (χ2n) is 7.41. The van der Waals surface area contributed by atoms with Crippen molar-refractivity contribution in [3.8, 4) is 0 Å². The minimum atomic E-state index is 0.175. The predicted molar refractivity (Wildman–Crippen MR) is 107 cm³/mol. The summed E-state index contributed by atoms with van der Waals surface area (Å²) in [6.45, 7) is 6.14. The molecule has 2 aromatic rings. The number of carbonyl (C=O) groups is 1. The molecular formula is C23H30N2O. The van der Waals surface area contributed by atoms with Crippen LogP contribution in [0.1, 0.15) is 36.8 Å². The number of hydrogen-bond donors (Lipinski definition) is 1. The Kier molecular flexibility index (Phi) is 6.84. The lowest BCUT2D eigenvalue weighted by molar-refractivity contribution is -0.126. The van der Waals surface area contributed by atoms with Crippen molar-refractivity contribution in [1.82, 2.24) is 10.2 Å². The fourth-order valence-electron chi connectivity index (χ4n) is 3.77. The first kappa shape index (κ1) is 18.7. The molecule has 0 bridgehead atoms. The fraction of sp³-hybridized carbons (Fsp3) is 0.435. The van der Waals surface area contributed by atoms with Crippen molar-refractivity contribution >= 4 is 5.91 Å². The molecule has 2 aromatic carbocycles.